The number of anilines is 1. The molecule has 1 heterocycles. The normalized spacial score (nSPS) is 13.1. The third-order valence-corrected chi connectivity index (χ3v) is 6.50. The molecule has 0 radical (unpaired) electrons. The molecule has 1 aromatic heterocycles. The van der Waals surface area contributed by atoms with Gasteiger partial charge in [0.05, 0.1) is 11.0 Å². The third kappa shape index (κ3) is 5.26. The van der Waals surface area contributed by atoms with Crippen LogP contribution in [0.5, 0.6) is 0 Å². The molecule has 3 aromatic carbocycles. The van der Waals surface area contributed by atoms with Gasteiger partial charge in [0.15, 0.2) is 5.16 Å². The Balaban J connectivity index is 1.32. The molecule has 1 aliphatic rings. The summed E-state index contributed by atoms with van der Waals surface area (Å²) in [5, 5.41) is 6.71. The Morgan fingerprint density at radius 3 is 2.58 bits per heavy atom. The van der Waals surface area contributed by atoms with Crippen LogP contribution in [0.15, 0.2) is 84.0 Å². The number of para-hydroxylation sites is 2. The number of imidazole rings is 1. The van der Waals surface area contributed by atoms with Crippen molar-refractivity contribution in [3.63, 3.8) is 0 Å². The van der Waals surface area contributed by atoms with Crippen molar-refractivity contribution in [2.24, 2.45) is 0 Å². The first kappa shape index (κ1) is 21.3. The molecule has 5 rings (SSSR count). The van der Waals surface area contributed by atoms with Crippen LogP contribution < -0.4 is 10.6 Å². The highest BCUT2D eigenvalue weighted by atomic mass is 32.2. The number of hydrogen-bond acceptors (Lipinski definition) is 4. The maximum Gasteiger partial charge on any atom is 0.251 e. The van der Waals surface area contributed by atoms with Gasteiger partial charge >= 0.3 is 0 Å². The van der Waals surface area contributed by atoms with Crippen LogP contribution in [0.1, 0.15) is 28.8 Å². The largest absolute Gasteiger partial charge is 0.349 e. The quantitative estimate of drug-likeness (QED) is 0.371. The summed E-state index contributed by atoms with van der Waals surface area (Å²) >= 11 is 1.61. The van der Waals surface area contributed by atoms with Crippen molar-refractivity contribution in [2.45, 2.75) is 36.3 Å². The van der Waals surface area contributed by atoms with Gasteiger partial charge in [-0.15, -0.1) is 0 Å². The molecular formula is C26H24N4O2S. The summed E-state index contributed by atoms with van der Waals surface area (Å²) < 4.78 is 1.95. The molecule has 0 saturated heterocycles. The van der Waals surface area contributed by atoms with Crippen molar-refractivity contribution in [1.29, 1.82) is 0 Å². The molecule has 7 heteroatoms. The van der Waals surface area contributed by atoms with E-state index in [1.807, 2.05) is 47.0 Å². The van der Waals surface area contributed by atoms with Gasteiger partial charge in [0.25, 0.3) is 5.91 Å². The summed E-state index contributed by atoms with van der Waals surface area (Å²) in [6.45, 7) is 0.135. The number of nitrogens with one attached hydrogen (secondary N) is 2. The van der Waals surface area contributed by atoms with E-state index >= 15 is 0 Å². The van der Waals surface area contributed by atoms with Gasteiger partial charge < -0.3 is 15.2 Å². The van der Waals surface area contributed by atoms with Crippen LogP contribution >= 0.6 is 11.8 Å². The zero-order valence-electron chi connectivity index (χ0n) is 18.0. The number of aromatic nitrogens is 2. The van der Waals surface area contributed by atoms with Crippen LogP contribution in [-0.4, -0.2) is 27.4 Å². The van der Waals surface area contributed by atoms with Crippen LogP contribution in [0.2, 0.25) is 0 Å². The lowest BCUT2D eigenvalue weighted by Crippen LogP contribution is -2.25. The Kier molecular flexibility index (Phi) is 6.13. The molecule has 1 saturated carbocycles. The van der Waals surface area contributed by atoms with Crippen molar-refractivity contribution >= 4 is 40.3 Å². The zero-order chi connectivity index (χ0) is 22.6. The molecular weight excluding hydrogens is 432 g/mol. The summed E-state index contributed by atoms with van der Waals surface area (Å²) in [6.07, 6.45) is 2.07. The van der Waals surface area contributed by atoms with E-state index in [9.17, 15) is 9.59 Å². The highest BCUT2D eigenvalue weighted by Crippen LogP contribution is 2.27. The lowest BCUT2D eigenvalue weighted by atomic mass is 10.2. The number of thioether (sulfide) groups is 1. The monoisotopic (exact) mass is 456 g/mol. The highest BCUT2D eigenvalue weighted by Gasteiger charge is 2.24. The molecule has 0 bridgehead atoms. The van der Waals surface area contributed by atoms with Gasteiger partial charge in [-0.05, 0) is 48.7 Å². The highest BCUT2D eigenvalue weighted by molar-refractivity contribution is 7.98. The molecule has 0 spiro atoms. The smallest absolute Gasteiger partial charge is 0.251 e. The first-order chi connectivity index (χ1) is 16.2. The van der Waals surface area contributed by atoms with E-state index in [1.165, 1.54) is 5.56 Å². The maximum absolute atomic E-state index is 12.9. The Labute approximate surface area is 196 Å². The number of fused-ring (bicyclic) bond motifs is 1. The second kappa shape index (κ2) is 9.50. The molecule has 0 unspecified atom stereocenters. The number of nitrogens with zero attached hydrogens (tertiary/aromatic N) is 2. The van der Waals surface area contributed by atoms with Crippen LogP contribution in [0.4, 0.5) is 5.69 Å². The number of benzene rings is 3. The predicted molar refractivity (Wildman–Crippen MR) is 131 cm³/mol. The van der Waals surface area contributed by atoms with Crippen molar-refractivity contribution in [1.82, 2.24) is 14.9 Å². The number of rotatable bonds is 8. The van der Waals surface area contributed by atoms with Gasteiger partial charge in [-0.1, -0.05) is 60.3 Å². The number of amides is 2. The summed E-state index contributed by atoms with van der Waals surface area (Å²) in [7, 11) is 0. The molecule has 0 atom stereocenters. The molecule has 4 aromatic rings. The summed E-state index contributed by atoms with van der Waals surface area (Å²) in [5.41, 5.74) is 4.13. The standard InChI is InChI=1S/C26H24N4O2S/c31-24(27-21-10-6-9-19(15-21)25(32)28-20-13-14-20)16-30-23-12-5-4-11-22(23)29-26(30)33-17-18-7-2-1-3-8-18/h1-12,15,20H,13-14,16-17H2,(H,27,31)(H,28,32). The fraction of sp³-hybridized carbons (Fsp3) is 0.192. The minimum absolute atomic E-state index is 0.103. The Bertz CT molecular complexity index is 1300. The first-order valence-corrected chi connectivity index (χ1v) is 12.0. The van der Waals surface area contributed by atoms with E-state index in [2.05, 4.69) is 22.8 Å². The number of carbonyl (C=O) groups excluding carboxylic acids is 2. The Morgan fingerprint density at radius 2 is 1.76 bits per heavy atom. The van der Waals surface area contributed by atoms with Crippen molar-refractivity contribution in [2.75, 3.05) is 5.32 Å². The van der Waals surface area contributed by atoms with Gasteiger partial charge in [-0.25, -0.2) is 4.98 Å². The van der Waals surface area contributed by atoms with Crippen molar-refractivity contribution in [3.8, 4) is 0 Å². The van der Waals surface area contributed by atoms with Gasteiger partial charge in [0, 0.05) is 23.0 Å². The topological polar surface area (TPSA) is 76.0 Å². The molecule has 1 aliphatic carbocycles. The second-order valence-corrected chi connectivity index (χ2v) is 9.06. The lowest BCUT2D eigenvalue weighted by Gasteiger charge is -2.11. The zero-order valence-corrected chi connectivity index (χ0v) is 18.8. The Morgan fingerprint density at radius 1 is 0.970 bits per heavy atom. The van der Waals surface area contributed by atoms with Crippen LogP contribution in [-0.2, 0) is 17.1 Å². The molecule has 1 fully saturated rings. The number of hydrogen-bond donors (Lipinski definition) is 2. The number of carbonyl (C=O) groups is 2. The minimum atomic E-state index is -0.167. The second-order valence-electron chi connectivity index (χ2n) is 8.12. The van der Waals surface area contributed by atoms with E-state index in [0.29, 0.717) is 11.3 Å². The van der Waals surface area contributed by atoms with E-state index in [1.54, 1.807) is 36.0 Å². The average Bonchev–Trinajstić information content (AvgIpc) is 3.59. The van der Waals surface area contributed by atoms with E-state index in [0.717, 1.165) is 34.8 Å². The summed E-state index contributed by atoms with van der Waals surface area (Å²) in [5.74, 6) is 0.498. The fourth-order valence-electron chi connectivity index (χ4n) is 3.62. The van der Waals surface area contributed by atoms with E-state index in [-0.39, 0.29) is 24.4 Å². The Hall–Kier alpha value is -3.58. The van der Waals surface area contributed by atoms with Crippen molar-refractivity contribution < 1.29 is 9.59 Å². The molecule has 2 N–H and O–H groups in total. The summed E-state index contributed by atoms with van der Waals surface area (Å²) in [6, 6.07) is 25.4. The molecule has 33 heavy (non-hydrogen) atoms. The SMILES string of the molecule is O=C(Cn1c(SCc2ccccc2)nc2ccccc21)Nc1cccc(C(=O)NC2CC2)c1. The molecule has 6 nitrogen and oxygen atoms in total. The van der Waals surface area contributed by atoms with Gasteiger partial charge in [-0.2, -0.15) is 0 Å². The predicted octanol–water partition coefficient (Wildman–Crippen LogP) is 4.86. The lowest BCUT2D eigenvalue weighted by molar-refractivity contribution is -0.116. The molecule has 0 aliphatic heterocycles. The average molecular weight is 457 g/mol. The molecule has 2 amide bonds. The third-order valence-electron chi connectivity index (χ3n) is 5.45. The van der Waals surface area contributed by atoms with E-state index < -0.39 is 0 Å². The van der Waals surface area contributed by atoms with E-state index in [4.69, 9.17) is 4.98 Å². The summed E-state index contributed by atoms with van der Waals surface area (Å²) in [4.78, 5) is 30.0. The maximum atomic E-state index is 12.9. The molecule has 166 valence electrons. The van der Waals surface area contributed by atoms with Crippen LogP contribution in [0.25, 0.3) is 11.0 Å². The minimum Gasteiger partial charge on any atom is -0.349 e. The van der Waals surface area contributed by atoms with Crippen LogP contribution in [0, 0.1) is 0 Å². The van der Waals surface area contributed by atoms with Gasteiger partial charge in [0.2, 0.25) is 5.91 Å². The first-order valence-electron chi connectivity index (χ1n) is 11.0. The van der Waals surface area contributed by atoms with Gasteiger partial charge in [0.1, 0.15) is 6.54 Å². The van der Waals surface area contributed by atoms with Crippen molar-refractivity contribution in [3.05, 3.63) is 90.0 Å². The van der Waals surface area contributed by atoms with Gasteiger partial charge in [-0.3, -0.25) is 9.59 Å². The fourth-order valence-corrected chi connectivity index (χ4v) is 4.59. The van der Waals surface area contributed by atoms with Crippen LogP contribution in [0.3, 0.4) is 0 Å².